The molecule has 32 heavy (non-hydrogen) atoms. The number of piperazine rings is 1. The Kier molecular flexibility index (Phi) is 8.26. The van der Waals surface area contributed by atoms with Gasteiger partial charge >= 0.3 is 6.03 Å². The fourth-order valence-corrected chi connectivity index (χ4v) is 5.24. The van der Waals surface area contributed by atoms with Crippen LogP contribution in [0.5, 0.6) is 0 Å². The molecule has 2 N–H and O–H groups in total. The molecule has 176 valence electrons. The second-order valence-corrected chi connectivity index (χ2v) is 9.52. The van der Waals surface area contributed by atoms with Crippen LogP contribution in [0.15, 0.2) is 30.3 Å². The third-order valence-electron chi connectivity index (χ3n) is 7.21. The van der Waals surface area contributed by atoms with Crippen LogP contribution in [0.1, 0.15) is 44.9 Å². The standard InChI is InChI=1S/C25H39N5O2/c31-24(21-8-6-15-30(20-21)25(32)27-22-9-4-5-10-22)26-13-7-14-28-16-18-29(19-17-28)23-11-2-1-3-12-23/h1-3,11-12,21-22H,4-10,13-20H2,(H,26,31)(H,27,32)/t21-/m1/s1. The summed E-state index contributed by atoms with van der Waals surface area (Å²) in [6.07, 6.45) is 7.34. The molecule has 0 aromatic heterocycles. The molecule has 3 fully saturated rings. The van der Waals surface area contributed by atoms with Crippen molar-refractivity contribution >= 4 is 17.6 Å². The molecule has 0 radical (unpaired) electrons. The van der Waals surface area contributed by atoms with Gasteiger partial charge in [-0.3, -0.25) is 9.69 Å². The number of amides is 3. The predicted molar refractivity (Wildman–Crippen MR) is 128 cm³/mol. The number of para-hydroxylation sites is 1. The Labute approximate surface area is 192 Å². The van der Waals surface area contributed by atoms with Gasteiger partial charge < -0.3 is 20.4 Å². The van der Waals surface area contributed by atoms with Gasteiger partial charge in [0.2, 0.25) is 5.91 Å². The molecule has 2 aliphatic heterocycles. The average Bonchev–Trinajstić information content (AvgIpc) is 3.36. The molecule has 2 saturated heterocycles. The van der Waals surface area contributed by atoms with Crippen molar-refractivity contribution < 1.29 is 9.59 Å². The number of piperidine rings is 1. The Morgan fingerprint density at radius 3 is 2.41 bits per heavy atom. The summed E-state index contributed by atoms with van der Waals surface area (Å²) in [6, 6.07) is 10.9. The highest BCUT2D eigenvalue weighted by molar-refractivity contribution is 5.80. The number of hydrogen-bond acceptors (Lipinski definition) is 4. The van der Waals surface area contributed by atoms with Crippen LogP contribution in [-0.4, -0.2) is 80.1 Å². The van der Waals surface area contributed by atoms with Crippen molar-refractivity contribution in [3.8, 4) is 0 Å². The highest BCUT2D eigenvalue weighted by Gasteiger charge is 2.29. The number of rotatable bonds is 7. The Balaban J connectivity index is 1.10. The number of carbonyl (C=O) groups excluding carboxylic acids is 2. The van der Waals surface area contributed by atoms with Gasteiger partial charge in [0, 0.05) is 57.5 Å². The van der Waals surface area contributed by atoms with E-state index in [2.05, 4.69) is 50.8 Å². The lowest BCUT2D eigenvalue weighted by molar-refractivity contribution is -0.126. The van der Waals surface area contributed by atoms with Gasteiger partial charge in [0.1, 0.15) is 0 Å². The van der Waals surface area contributed by atoms with Crippen molar-refractivity contribution in [3.63, 3.8) is 0 Å². The Morgan fingerprint density at radius 2 is 1.66 bits per heavy atom. The summed E-state index contributed by atoms with van der Waals surface area (Å²) in [6.45, 7) is 7.27. The third-order valence-corrected chi connectivity index (χ3v) is 7.21. The minimum absolute atomic E-state index is 0.0176. The summed E-state index contributed by atoms with van der Waals surface area (Å²) in [5.41, 5.74) is 1.30. The molecule has 7 nitrogen and oxygen atoms in total. The number of nitrogens with one attached hydrogen (secondary N) is 2. The lowest BCUT2D eigenvalue weighted by Gasteiger charge is -2.36. The van der Waals surface area contributed by atoms with E-state index in [-0.39, 0.29) is 17.9 Å². The van der Waals surface area contributed by atoms with Crippen LogP contribution >= 0.6 is 0 Å². The van der Waals surface area contributed by atoms with E-state index in [1.165, 1.54) is 18.5 Å². The molecule has 2 heterocycles. The van der Waals surface area contributed by atoms with Gasteiger partial charge in [-0.1, -0.05) is 31.0 Å². The van der Waals surface area contributed by atoms with Crippen molar-refractivity contribution in [2.75, 3.05) is 57.3 Å². The monoisotopic (exact) mass is 441 g/mol. The molecule has 3 aliphatic rings. The van der Waals surface area contributed by atoms with Crippen molar-refractivity contribution in [1.82, 2.24) is 20.4 Å². The maximum absolute atomic E-state index is 12.7. The first-order chi connectivity index (χ1) is 15.7. The Morgan fingerprint density at radius 1 is 0.906 bits per heavy atom. The molecule has 1 atom stereocenters. The fraction of sp³-hybridized carbons (Fsp3) is 0.680. The molecule has 1 aromatic rings. The minimum atomic E-state index is -0.0764. The second kappa shape index (κ2) is 11.5. The van der Waals surface area contributed by atoms with Gasteiger partial charge in [-0.2, -0.15) is 0 Å². The number of carbonyl (C=O) groups is 2. The summed E-state index contributed by atoms with van der Waals surface area (Å²) in [7, 11) is 0. The lowest BCUT2D eigenvalue weighted by Crippen LogP contribution is -2.50. The van der Waals surface area contributed by atoms with Crippen molar-refractivity contribution in [1.29, 1.82) is 0 Å². The smallest absolute Gasteiger partial charge is 0.317 e. The predicted octanol–water partition coefficient (Wildman–Crippen LogP) is 2.68. The number of likely N-dealkylation sites (tertiary alicyclic amines) is 1. The van der Waals surface area contributed by atoms with Crippen LogP contribution in [0.4, 0.5) is 10.5 Å². The maximum atomic E-state index is 12.7. The highest BCUT2D eigenvalue weighted by Crippen LogP contribution is 2.20. The molecule has 0 unspecified atom stereocenters. The maximum Gasteiger partial charge on any atom is 0.317 e. The zero-order chi connectivity index (χ0) is 22.2. The fourth-order valence-electron chi connectivity index (χ4n) is 5.24. The molecule has 4 rings (SSSR count). The molecular weight excluding hydrogens is 402 g/mol. The first kappa shape index (κ1) is 22.9. The van der Waals surface area contributed by atoms with E-state index in [4.69, 9.17) is 0 Å². The molecule has 0 spiro atoms. The van der Waals surface area contributed by atoms with Crippen molar-refractivity contribution in [3.05, 3.63) is 30.3 Å². The minimum Gasteiger partial charge on any atom is -0.369 e. The number of hydrogen-bond donors (Lipinski definition) is 2. The van der Waals surface area contributed by atoms with Crippen LogP contribution in [0.2, 0.25) is 0 Å². The second-order valence-electron chi connectivity index (χ2n) is 9.52. The number of urea groups is 1. The lowest BCUT2D eigenvalue weighted by atomic mass is 9.97. The zero-order valence-electron chi connectivity index (χ0n) is 19.3. The summed E-state index contributed by atoms with van der Waals surface area (Å²) < 4.78 is 0. The largest absolute Gasteiger partial charge is 0.369 e. The topological polar surface area (TPSA) is 67.9 Å². The van der Waals surface area contributed by atoms with Gasteiger partial charge in [-0.25, -0.2) is 4.79 Å². The van der Waals surface area contributed by atoms with Crippen LogP contribution in [0.25, 0.3) is 0 Å². The number of anilines is 1. The molecule has 0 bridgehead atoms. The summed E-state index contributed by atoms with van der Waals surface area (Å²) >= 11 is 0. The van der Waals surface area contributed by atoms with E-state index in [9.17, 15) is 9.59 Å². The van der Waals surface area contributed by atoms with Gasteiger partial charge in [0.15, 0.2) is 0 Å². The van der Waals surface area contributed by atoms with Crippen LogP contribution in [-0.2, 0) is 4.79 Å². The number of benzene rings is 1. The highest BCUT2D eigenvalue weighted by atomic mass is 16.2. The van der Waals surface area contributed by atoms with E-state index in [1.54, 1.807) is 0 Å². The van der Waals surface area contributed by atoms with Gasteiger partial charge in [0.25, 0.3) is 0 Å². The normalized spacial score (nSPS) is 22.7. The summed E-state index contributed by atoms with van der Waals surface area (Å²) in [5, 5.41) is 6.28. The first-order valence-electron chi connectivity index (χ1n) is 12.5. The summed E-state index contributed by atoms with van der Waals surface area (Å²) in [4.78, 5) is 32.0. The van der Waals surface area contributed by atoms with Crippen molar-refractivity contribution in [2.24, 2.45) is 5.92 Å². The SMILES string of the molecule is O=C(NCCCN1CCN(c2ccccc2)CC1)[C@@H]1CCCN(C(=O)NC2CCCC2)C1. The van der Waals surface area contributed by atoms with E-state index in [1.807, 2.05) is 4.90 Å². The zero-order valence-corrected chi connectivity index (χ0v) is 19.3. The van der Waals surface area contributed by atoms with E-state index in [0.29, 0.717) is 19.1 Å². The Hall–Kier alpha value is -2.28. The van der Waals surface area contributed by atoms with Crippen molar-refractivity contribution in [2.45, 2.75) is 51.0 Å². The van der Waals surface area contributed by atoms with E-state index in [0.717, 1.165) is 71.4 Å². The molecule has 1 aromatic carbocycles. The van der Waals surface area contributed by atoms with Crippen LogP contribution < -0.4 is 15.5 Å². The molecular formula is C25H39N5O2. The summed E-state index contributed by atoms with van der Waals surface area (Å²) in [5.74, 6) is 0.0322. The van der Waals surface area contributed by atoms with Gasteiger partial charge in [-0.15, -0.1) is 0 Å². The average molecular weight is 442 g/mol. The van der Waals surface area contributed by atoms with E-state index < -0.39 is 0 Å². The molecule has 1 saturated carbocycles. The molecule has 3 amide bonds. The molecule has 7 heteroatoms. The Bertz CT molecular complexity index is 729. The van der Waals surface area contributed by atoms with Crippen LogP contribution in [0, 0.1) is 5.92 Å². The molecule has 1 aliphatic carbocycles. The van der Waals surface area contributed by atoms with Gasteiger partial charge in [-0.05, 0) is 50.8 Å². The van der Waals surface area contributed by atoms with Gasteiger partial charge in [0.05, 0.1) is 5.92 Å². The third kappa shape index (κ3) is 6.37. The first-order valence-corrected chi connectivity index (χ1v) is 12.5. The van der Waals surface area contributed by atoms with Crippen LogP contribution in [0.3, 0.4) is 0 Å². The van der Waals surface area contributed by atoms with E-state index >= 15 is 0 Å². The quantitative estimate of drug-likeness (QED) is 0.639. The number of nitrogens with zero attached hydrogens (tertiary/aromatic N) is 3.